The Morgan fingerprint density at radius 2 is 2.26 bits per heavy atom. The quantitative estimate of drug-likeness (QED) is 0.774. The van der Waals surface area contributed by atoms with Gasteiger partial charge in [0.1, 0.15) is 12.0 Å². The number of hydrogen-bond donors (Lipinski definition) is 1. The second kappa shape index (κ2) is 7.91. The van der Waals surface area contributed by atoms with E-state index in [0.717, 1.165) is 6.29 Å². The molecule has 1 unspecified atom stereocenters. The summed E-state index contributed by atoms with van der Waals surface area (Å²) >= 11 is 3.28. The van der Waals surface area contributed by atoms with Gasteiger partial charge in [-0.2, -0.15) is 0 Å². The first-order chi connectivity index (χ1) is 9.06. The standard InChI is InChI=1S/C13H16BrNO4/c1-9(7-18-2)15-13(17)8-19-12-4-3-10(6-16)5-11(12)14/h3-6,9H,7-8H2,1-2H3,(H,15,17). The molecule has 0 aliphatic carbocycles. The van der Waals surface area contributed by atoms with Crippen LogP contribution in [0.5, 0.6) is 5.75 Å². The van der Waals surface area contributed by atoms with Gasteiger partial charge in [-0.3, -0.25) is 9.59 Å². The van der Waals surface area contributed by atoms with E-state index in [2.05, 4.69) is 21.2 Å². The van der Waals surface area contributed by atoms with Crippen LogP contribution in [-0.4, -0.2) is 38.6 Å². The lowest BCUT2D eigenvalue weighted by atomic mass is 10.2. The third-order valence-electron chi connectivity index (χ3n) is 2.27. The molecule has 0 aliphatic rings. The summed E-state index contributed by atoms with van der Waals surface area (Å²) in [6.07, 6.45) is 0.744. The Labute approximate surface area is 120 Å². The summed E-state index contributed by atoms with van der Waals surface area (Å²) in [5.41, 5.74) is 0.539. The zero-order chi connectivity index (χ0) is 14.3. The van der Waals surface area contributed by atoms with Crippen LogP contribution in [0.4, 0.5) is 0 Å². The summed E-state index contributed by atoms with van der Waals surface area (Å²) < 4.78 is 10.9. The van der Waals surface area contributed by atoms with E-state index in [9.17, 15) is 9.59 Å². The first-order valence-corrected chi connectivity index (χ1v) is 6.52. The molecule has 1 amide bonds. The molecular weight excluding hydrogens is 314 g/mol. The first-order valence-electron chi connectivity index (χ1n) is 5.72. The minimum Gasteiger partial charge on any atom is -0.483 e. The number of halogens is 1. The molecule has 1 aromatic rings. The van der Waals surface area contributed by atoms with Gasteiger partial charge >= 0.3 is 0 Å². The summed E-state index contributed by atoms with van der Waals surface area (Å²) in [7, 11) is 1.57. The van der Waals surface area contributed by atoms with E-state index in [-0.39, 0.29) is 18.6 Å². The maximum absolute atomic E-state index is 11.6. The van der Waals surface area contributed by atoms with Crippen LogP contribution in [0.25, 0.3) is 0 Å². The Bertz CT molecular complexity index is 450. The highest BCUT2D eigenvalue weighted by molar-refractivity contribution is 9.10. The van der Waals surface area contributed by atoms with Crippen molar-refractivity contribution in [1.82, 2.24) is 5.32 Å². The maximum Gasteiger partial charge on any atom is 0.258 e. The number of amides is 1. The molecule has 0 saturated heterocycles. The first kappa shape index (κ1) is 15.7. The Hall–Kier alpha value is -1.40. The van der Waals surface area contributed by atoms with E-state index in [1.165, 1.54) is 0 Å². The van der Waals surface area contributed by atoms with Crippen LogP contribution in [0.2, 0.25) is 0 Å². The van der Waals surface area contributed by atoms with Gasteiger partial charge < -0.3 is 14.8 Å². The van der Waals surface area contributed by atoms with Crippen LogP contribution in [0.3, 0.4) is 0 Å². The van der Waals surface area contributed by atoms with Gasteiger partial charge in [-0.1, -0.05) is 0 Å². The van der Waals surface area contributed by atoms with Crippen LogP contribution in [0.15, 0.2) is 22.7 Å². The number of carbonyl (C=O) groups excluding carboxylic acids is 2. The summed E-state index contributed by atoms with van der Waals surface area (Å²) in [6, 6.07) is 4.83. The van der Waals surface area contributed by atoms with Crippen molar-refractivity contribution in [3.8, 4) is 5.75 Å². The van der Waals surface area contributed by atoms with Gasteiger partial charge in [-0.05, 0) is 41.1 Å². The molecule has 0 radical (unpaired) electrons. The van der Waals surface area contributed by atoms with Crippen LogP contribution >= 0.6 is 15.9 Å². The van der Waals surface area contributed by atoms with Gasteiger partial charge in [0.25, 0.3) is 5.91 Å². The number of nitrogens with one attached hydrogen (secondary N) is 1. The molecular formula is C13H16BrNO4. The molecule has 0 aliphatic heterocycles. The van der Waals surface area contributed by atoms with Crippen LogP contribution < -0.4 is 10.1 Å². The molecule has 5 nitrogen and oxygen atoms in total. The number of hydrogen-bond acceptors (Lipinski definition) is 4. The van der Waals surface area contributed by atoms with Gasteiger partial charge in [-0.15, -0.1) is 0 Å². The Morgan fingerprint density at radius 1 is 1.53 bits per heavy atom. The topological polar surface area (TPSA) is 64.6 Å². The molecule has 6 heteroatoms. The smallest absolute Gasteiger partial charge is 0.258 e. The molecule has 19 heavy (non-hydrogen) atoms. The minimum absolute atomic E-state index is 0.0676. The number of rotatable bonds is 7. The average molecular weight is 330 g/mol. The molecule has 1 aromatic carbocycles. The van der Waals surface area contributed by atoms with Crippen molar-refractivity contribution in [3.63, 3.8) is 0 Å². The van der Waals surface area contributed by atoms with Crippen molar-refractivity contribution in [2.45, 2.75) is 13.0 Å². The SMILES string of the molecule is COCC(C)NC(=O)COc1ccc(C=O)cc1Br. The second-order valence-electron chi connectivity index (χ2n) is 4.02. The van der Waals surface area contributed by atoms with Crippen molar-refractivity contribution in [1.29, 1.82) is 0 Å². The van der Waals surface area contributed by atoms with E-state index in [0.29, 0.717) is 22.4 Å². The highest BCUT2D eigenvalue weighted by atomic mass is 79.9. The van der Waals surface area contributed by atoms with Crippen LogP contribution in [0.1, 0.15) is 17.3 Å². The Kier molecular flexibility index (Phi) is 6.52. The van der Waals surface area contributed by atoms with Crippen LogP contribution in [-0.2, 0) is 9.53 Å². The third kappa shape index (κ3) is 5.40. The van der Waals surface area contributed by atoms with Crippen molar-refractivity contribution in [3.05, 3.63) is 28.2 Å². The monoisotopic (exact) mass is 329 g/mol. The summed E-state index contributed by atoms with van der Waals surface area (Å²) in [4.78, 5) is 22.2. The largest absolute Gasteiger partial charge is 0.483 e. The molecule has 0 aromatic heterocycles. The van der Waals surface area contributed by atoms with Crippen molar-refractivity contribution < 1.29 is 19.1 Å². The predicted molar refractivity (Wildman–Crippen MR) is 74.5 cm³/mol. The highest BCUT2D eigenvalue weighted by Crippen LogP contribution is 2.25. The fraction of sp³-hybridized carbons (Fsp3) is 0.385. The summed E-state index contributed by atoms with van der Waals surface area (Å²) in [5, 5.41) is 2.73. The van der Waals surface area contributed by atoms with Gasteiger partial charge in [0.15, 0.2) is 6.61 Å². The highest BCUT2D eigenvalue weighted by Gasteiger charge is 2.09. The fourth-order valence-electron chi connectivity index (χ4n) is 1.46. The Balaban J connectivity index is 2.48. The number of benzene rings is 1. The van der Waals surface area contributed by atoms with E-state index < -0.39 is 0 Å². The van der Waals surface area contributed by atoms with Crippen molar-refractivity contribution in [2.24, 2.45) is 0 Å². The molecule has 1 N–H and O–H groups in total. The van der Waals surface area contributed by atoms with E-state index >= 15 is 0 Å². The fourth-order valence-corrected chi connectivity index (χ4v) is 1.97. The van der Waals surface area contributed by atoms with E-state index in [1.54, 1.807) is 25.3 Å². The summed E-state index contributed by atoms with van der Waals surface area (Å²) in [6.45, 7) is 2.20. The minimum atomic E-state index is -0.226. The number of carbonyl (C=O) groups is 2. The van der Waals surface area contributed by atoms with Crippen molar-refractivity contribution in [2.75, 3.05) is 20.3 Å². The van der Waals surface area contributed by atoms with Gasteiger partial charge in [0.05, 0.1) is 11.1 Å². The van der Waals surface area contributed by atoms with Gasteiger partial charge in [-0.25, -0.2) is 0 Å². The lowest BCUT2D eigenvalue weighted by Gasteiger charge is -2.13. The predicted octanol–water partition coefficient (Wildman–Crippen LogP) is 1.79. The van der Waals surface area contributed by atoms with E-state index in [4.69, 9.17) is 9.47 Å². The zero-order valence-electron chi connectivity index (χ0n) is 10.8. The average Bonchev–Trinajstić information content (AvgIpc) is 2.37. The molecule has 1 rings (SSSR count). The second-order valence-corrected chi connectivity index (χ2v) is 4.87. The maximum atomic E-state index is 11.6. The molecule has 0 spiro atoms. The molecule has 1 atom stereocenters. The number of methoxy groups -OCH3 is 1. The zero-order valence-corrected chi connectivity index (χ0v) is 12.4. The molecule has 104 valence electrons. The lowest BCUT2D eigenvalue weighted by molar-refractivity contribution is -0.124. The van der Waals surface area contributed by atoms with Crippen molar-refractivity contribution >= 4 is 28.1 Å². The molecule has 0 fully saturated rings. The van der Waals surface area contributed by atoms with Gasteiger partial charge in [0.2, 0.25) is 0 Å². The normalized spacial score (nSPS) is 11.7. The van der Waals surface area contributed by atoms with Gasteiger partial charge in [0, 0.05) is 18.7 Å². The molecule has 0 bridgehead atoms. The van der Waals surface area contributed by atoms with E-state index in [1.807, 2.05) is 6.92 Å². The third-order valence-corrected chi connectivity index (χ3v) is 2.89. The number of aldehydes is 1. The lowest BCUT2D eigenvalue weighted by Crippen LogP contribution is -2.38. The molecule has 0 saturated carbocycles. The Morgan fingerprint density at radius 3 is 2.84 bits per heavy atom. The summed E-state index contributed by atoms with van der Waals surface area (Å²) in [5.74, 6) is 0.288. The van der Waals surface area contributed by atoms with Crippen LogP contribution in [0, 0.1) is 0 Å². The molecule has 0 heterocycles. The number of ether oxygens (including phenoxy) is 2.